The maximum atomic E-state index is 12.5. The average molecular weight is 406 g/mol. The molecule has 0 bridgehead atoms. The van der Waals surface area contributed by atoms with Crippen molar-refractivity contribution in [3.8, 4) is 0 Å². The highest BCUT2D eigenvalue weighted by atomic mass is 16.5. The Morgan fingerprint density at radius 2 is 1.73 bits per heavy atom. The van der Waals surface area contributed by atoms with Gasteiger partial charge >= 0.3 is 5.97 Å². The molecule has 30 heavy (non-hydrogen) atoms. The lowest BCUT2D eigenvalue weighted by molar-refractivity contribution is -0.140. The number of carbonyl (C=O) groups is 2. The van der Waals surface area contributed by atoms with Gasteiger partial charge in [0.2, 0.25) is 0 Å². The van der Waals surface area contributed by atoms with Crippen molar-refractivity contribution in [2.45, 2.75) is 51.7 Å². The number of ether oxygens (including phenoxy) is 1. The number of para-hydroxylation sites is 1. The van der Waals surface area contributed by atoms with E-state index in [1.807, 2.05) is 59.8 Å². The highest BCUT2D eigenvalue weighted by Crippen LogP contribution is 2.22. The summed E-state index contributed by atoms with van der Waals surface area (Å²) in [5.41, 5.74) is 3.23. The van der Waals surface area contributed by atoms with Crippen LogP contribution in [0.3, 0.4) is 0 Å². The third-order valence-electron chi connectivity index (χ3n) is 5.75. The van der Waals surface area contributed by atoms with Crippen molar-refractivity contribution < 1.29 is 14.3 Å². The van der Waals surface area contributed by atoms with E-state index in [4.69, 9.17) is 4.74 Å². The van der Waals surface area contributed by atoms with Crippen LogP contribution in [-0.2, 0) is 16.1 Å². The van der Waals surface area contributed by atoms with Crippen LogP contribution in [0, 0.1) is 0 Å². The van der Waals surface area contributed by atoms with E-state index in [0.717, 1.165) is 35.9 Å². The van der Waals surface area contributed by atoms with Crippen molar-refractivity contribution in [3.05, 3.63) is 59.7 Å². The molecule has 2 aromatic carbocycles. The van der Waals surface area contributed by atoms with E-state index in [2.05, 4.69) is 10.3 Å². The summed E-state index contributed by atoms with van der Waals surface area (Å²) in [5.74, 6) is -0.615. The smallest absolute Gasteiger partial charge is 0.338 e. The predicted octanol–water partition coefficient (Wildman–Crippen LogP) is 3.43. The van der Waals surface area contributed by atoms with Crippen molar-refractivity contribution in [3.63, 3.8) is 0 Å². The van der Waals surface area contributed by atoms with Crippen LogP contribution in [0.1, 0.15) is 49.0 Å². The fourth-order valence-electron chi connectivity index (χ4n) is 4.15. The minimum atomic E-state index is -0.488. The van der Waals surface area contributed by atoms with Crippen molar-refractivity contribution >= 4 is 22.9 Å². The molecule has 0 aliphatic carbocycles. The molecule has 156 valence electrons. The van der Waals surface area contributed by atoms with Crippen molar-refractivity contribution in [1.29, 1.82) is 0 Å². The molecule has 1 aromatic heterocycles. The normalized spacial score (nSPS) is 19.1. The monoisotopic (exact) mass is 406 g/mol. The summed E-state index contributed by atoms with van der Waals surface area (Å²) in [7, 11) is 0. The molecule has 7 nitrogen and oxygen atoms in total. The SMILES string of the molecule is C[C@@H]1CCC[C@H](C)N1C(=O)COC(=O)c1ccc(Cn2nnc3ccccc32)cc1. The number of aromatic nitrogens is 3. The third-order valence-corrected chi connectivity index (χ3v) is 5.75. The molecule has 1 amide bonds. The maximum Gasteiger partial charge on any atom is 0.338 e. The van der Waals surface area contributed by atoms with Crippen LogP contribution in [0.25, 0.3) is 11.0 Å². The van der Waals surface area contributed by atoms with Crippen LogP contribution in [0.2, 0.25) is 0 Å². The third kappa shape index (κ3) is 4.20. The van der Waals surface area contributed by atoms with Crippen LogP contribution in [0.4, 0.5) is 0 Å². The van der Waals surface area contributed by atoms with Crippen LogP contribution < -0.4 is 0 Å². The number of likely N-dealkylation sites (tertiary alicyclic amines) is 1. The number of amides is 1. The zero-order valence-corrected chi connectivity index (χ0v) is 17.3. The van der Waals surface area contributed by atoms with E-state index in [0.29, 0.717) is 12.1 Å². The van der Waals surface area contributed by atoms with Crippen molar-refractivity contribution in [1.82, 2.24) is 19.9 Å². The van der Waals surface area contributed by atoms with E-state index in [1.54, 1.807) is 12.1 Å². The largest absolute Gasteiger partial charge is 0.452 e. The summed E-state index contributed by atoms with van der Waals surface area (Å²) in [4.78, 5) is 26.8. The Morgan fingerprint density at radius 3 is 2.47 bits per heavy atom. The number of benzene rings is 2. The van der Waals surface area contributed by atoms with Gasteiger partial charge in [-0.25, -0.2) is 9.48 Å². The molecule has 0 saturated carbocycles. The van der Waals surface area contributed by atoms with E-state index < -0.39 is 5.97 Å². The fraction of sp³-hybridized carbons (Fsp3) is 0.391. The number of piperidine rings is 1. The zero-order valence-electron chi connectivity index (χ0n) is 17.3. The lowest BCUT2D eigenvalue weighted by Crippen LogP contribution is -2.49. The molecule has 1 fully saturated rings. The summed E-state index contributed by atoms with van der Waals surface area (Å²) < 4.78 is 7.11. The van der Waals surface area contributed by atoms with Gasteiger partial charge < -0.3 is 9.64 Å². The topological polar surface area (TPSA) is 77.3 Å². The first-order chi connectivity index (χ1) is 14.5. The molecule has 0 radical (unpaired) electrons. The Labute approximate surface area is 175 Å². The molecule has 0 spiro atoms. The average Bonchev–Trinajstić information content (AvgIpc) is 3.15. The molecule has 1 saturated heterocycles. The summed E-state index contributed by atoms with van der Waals surface area (Å²) in [6.45, 7) is 4.43. The molecular formula is C23H26N4O3. The lowest BCUT2D eigenvalue weighted by Gasteiger charge is -2.38. The summed E-state index contributed by atoms with van der Waals surface area (Å²) in [6.07, 6.45) is 3.11. The first-order valence-corrected chi connectivity index (χ1v) is 10.4. The van der Waals surface area contributed by atoms with Gasteiger partial charge in [-0.15, -0.1) is 5.10 Å². The van der Waals surface area contributed by atoms with Crippen LogP contribution in [-0.4, -0.2) is 50.5 Å². The highest BCUT2D eigenvalue weighted by Gasteiger charge is 2.29. The molecule has 0 N–H and O–H groups in total. The standard InChI is InChI=1S/C23H26N4O3/c1-16-6-5-7-17(2)27(16)22(28)15-30-23(29)19-12-10-18(11-13-19)14-26-21-9-4-3-8-20(21)24-25-26/h3-4,8-13,16-17H,5-7,14-15H2,1-2H3/t16-,17+. The first-order valence-electron chi connectivity index (χ1n) is 10.4. The van der Waals surface area contributed by atoms with Gasteiger partial charge in [-0.3, -0.25) is 4.79 Å². The molecule has 2 heterocycles. The van der Waals surface area contributed by atoms with Crippen molar-refractivity contribution in [2.24, 2.45) is 0 Å². The van der Waals surface area contributed by atoms with Gasteiger partial charge in [0.15, 0.2) is 6.61 Å². The number of esters is 1. The van der Waals surface area contributed by atoms with Gasteiger partial charge in [-0.1, -0.05) is 29.5 Å². The second-order valence-corrected chi connectivity index (χ2v) is 7.94. The number of hydrogen-bond donors (Lipinski definition) is 0. The lowest BCUT2D eigenvalue weighted by atomic mass is 9.97. The first kappa shape index (κ1) is 20.1. The van der Waals surface area contributed by atoms with Gasteiger partial charge in [-0.05, 0) is 62.9 Å². The summed E-state index contributed by atoms with van der Waals surface area (Å²) in [5, 5.41) is 8.34. The molecule has 2 atom stereocenters. The molecular weight excluding hydrogens is 380 g/mol. The molecule has 3 aromatic rings. The zero-order chi connectivity index (χ0) is 21.1. The minimum absolute atomic E-state index is 0.127. The quantitative estimate of drug-likeness (QED) is 0.607. The predicted molar refractivity (Wildman–Crippen MR) is 113 cm³/mol. The van der Waals surface area contributed by atoms with Crippen LogP contribution in [0.15, 0.2) is 48.5 Å². The Morgan fingerprint density at radius 1 is 1.03 bits per heavy atom. The van der Waals surface area contributed by atoms with Crippen molar-refractivity contribution in [2.75, 3.05) is 6.61 Å². The number of rotatable bonds is 5. The number of carbonyl (C=O) groups excluding carboxylic acids is 2. The van der Waals surface area contributed by atoms with Crippen LogP contribution in [0.5, 0.6) is 0 Å². The second kappa shape index (κ2) is 8.65. The maximum absolute atomic E-state index is 12.5. The highest BCUT2D eigenvalue weighted by molar-refractivity contribution is 5.91. The minimum Gasteiger partial charge on any atom is -0.452 e. The number of hydrogen-bond acceptors (Lipinski definition) is 5. The molecule has 4 rings (SSSR count). The van der Waals surface area contributed by atoms with Gasteiger partial charge in [0.25, 0.3) is 5.91 Å². The Balaban J connectivity index is 1.35. The second-order valence-electron chi connectivity index (χ2n) is 7.94. The number of fused-ring (bicyclic) bond motifs is 1. The van der Waals surface area contributed by atoms with Crippen LogP contribution >= 0.6 is 0 Å². The fourth-order valence-corrected chi connectivity index (χ4v) is 4.15. The van der Waals surface area contributed by atoms with E-state index >= 15 is 0 Å². The van der Waals surface area contributed by atoms with Gasteiger partial charge in [0.1, 0.15) is 5.52 Å². The molecule has 1 aliphatic rings. The molecule has 0 unspecified atom stereocenters. The Bertz CT molecular complexity index is 1030. The molecule has 7 heteroatoms. The molecule has 1 aliphatic heterocycles. The van der Waals surface area contributed by atoms with E-state index in [9.17, 15) is 9.59 Å². The van der Waals surface area contributed by atoms with Gasteiger partial charge in [0.05, 0.1) is 17.6 Å². The Kier molecular flexibility index (Phi) is 5.79. The number of nitrogens with zero attached hydrogens (tertiary/aromatic N) is 4. The summed E-state index contributed by atoms with van der Waals surface area (Å²) in [6, 6.07) is 15.3. The Hall–Kier alpha value is -3.22. The summed E-state index contributed by atoms with van der Waals surface area (Å²) >= 11 is 0. The van der Waals surface area contributed by atoms with E-state index in [1.165, 1.54) is 0 Å². The van der Waals surface area contributed by atoms with E-state index in [-0.39, 0.29) is 24.6 Å². The van der Waals surface area contributed by atoms with Gasteiger partial charge in [0, 0.05) is 12.1 Å². The van der Waals surface area contributed by atoms with Gasteiger partial charge in [-0.2, -0.15) is 0 Å².